The Morgan fingerprint density at radius 2 is 0.778 bits per heavy atom. The van der Waals surface area contributed by atoms with Gasteiger partial charge < -0.3 is 12.3 Å². The third-order valence-corrected chi connectivity index (χ3v) is 26.4. The van der Waals surface area contributed by atoms with Gasteiger partial charge in [0.25, 0.3) is 0 Å². The van der Waals surface area contributed by atoms with Gasteiger partial charge in [0.1, 0.15) is 0 Å². The summed E-state index contributed by atoms with van der Waals surface area (Å²) < 4.78 is 22.5. The smallest absolute Gasteiger partial charge is 0.326 e. The van der Waals surface area contributed by atoms with Crippen LogP contribution < -0.4 is 0 Å². The number of hydrogen-bond donors (Lipinski definition) is 0. The molecule has 3 saturated carbocycles. The molecular weight excluding hydrogens is 384 g/mol. The van der Waals surface area contributed by atoms with Gasteiger partial charge in [0.15, 0.2) is 0 Å². The van der Waals surface area contributed by atoms with Crippen molar-refractivity contribution in [3.63, 3.8) is 0 Å². The van der Waals surface area contributed by atoms with Gasteiger partial charge >= 0.3 is 25.7 Å². The number of hydrogen-bond acceptors (Lipinski definition) is 3. The van der Waals surface area contributed by atoms with E-state index in [1.165, 1.54) is 57.8 Å². The Bertz CT molecular complexity index is 463. The first kappa shape index (κ1) is 20.8. The zero-order chi connectivity index (χ0) is 19.4. The first-order chi connectivity index (χ1) is 12.9. The molecule has 3 aliphatic carbocycles. The highest BCUT2D eigenvalue weighted by Crippen LogP contribution is 2.66. The monoisotopic (exact) mass is 426 g/mol. The van der Waals surface area contributed by atoms with Crippen molar-refractivity contribution in [3.05, 3.63) is 0 Å². The van der Waals surface area contributed by atoms with E-state index in [-0.39, 0.29) is 0 Å². The van der Waals surface area contributed by atoms with Crippen LogP contribution in [0.1, 0.15) is 99.3 Å². The summed E-state index contributed by atoms with van der Waals surface area (Å²) in [7, 11) is -6.68. The van der Waals surface area contributed by atoms with Gasteiger partial charge in [-0.1, -0.05) is 60.8 Å². The first-order valence-electron chi connectivity index (χ1n) is 12.0. The lowest BCUT2D eigenvalue weighted by atomic mass is 10.4. The van der Waals surface area contributed by atoms with Crippen LogP contribution >= 0.6 is 0 Å². The summed E-state index contributed by atoms with van der Waals surface area (Å²) in [5.74, 6) is 0. The zero-order valence-corrected chi connectivity index (χ0v) is 21.6. The normalized spacial score (nSPS) is 43.3. The molecule has 0 amide bonds. The average molecular weight is 427 g/mol. The van der Waals surface area contributed by atoms with E-state index in [1.54, 1.807) is 0 Å². The van der Waals surface area contributed by atoms with E-state index in [4.69, 9.17) is 12.3 Å². The largest absolute Gasteiger partial charge is 0.415 e. The van der Waals surface area contributed by atoms with Crippen molar-refractivity contribution in [1.82, 2.24) is 0 Å². The SMILES string of the molecule is CCC(C)[Si]1(C2CC2)O[Si](C(C)CC)(C2CC2)O[Si](C(C)CC)(C2CC2)O1. The van der Waals surface area contributed by atoms with Crippen LogP contribution in [-0.2, 0) is 12.3 Å². The summed E-state index contributed by atoms with van der Waals surface area (Å²) in [6.07, 6.45) is 11.7. The van der Waals surface area contributed by atoms with Crippen molar-refractivity contribution >= 4 is 25.7 Å². The Morgan fingerprint density at radius 3 is 0.926 bits per heavy atom. The van der Waals surface area contributed by atoms with Crippen LogP contribution in [0.3, 0.4) is 0 Å². The van der Waals surface area contributed by atoms with Gasteiger partial charge in [-0.3, -0.25) is 0 Å². The lowest BCUT2D eigenvalue weighted by Crippen LogP contribution is -2.74. The molecule has 3 nitrogen and oxygen atoms in total. The third-order valence-electron chi connectivity index (χ3n) is 8.29. The molecule has 1 aliphatic heterocycles. The fourth-order valence-corrected chi connectivity index (χ4v) is 28.9. The van der Waals surface area contributed by atoms with Crippen LogP contribution in [0, 0.1) is 0 Å². The van der Waals surface area contributed by atoms with Crippen molar-refractivity contribution in [2.24, 2.45) is 0 Å². The highest BCUT2D eigenvalue weighted by Gasteiger charge is 2.75. The van der Waals surface area contributed by atoms with Gasteiger partial charge in [0, 0.05) is 16.6 Å². The topological polar surface area (TPSA) is 27.7 Å². The minimum Gasteiger partial charge on any atom is -0.415 e. The average Bonchev–Trinajstić information content (AvgIpc) is 3.56. The van der Waals surface area contributed by atoms with Crippen molar-refractivity contribution in [1.29, 1.82) is 0 Å². The summed E-state index contributed by atoms with van der Waals surface area (Å²) in [5, 5.41) is 0. The molecular formula is C21H42O3Si3. The molecule has 4 fully saturated rings. The maximum Gasteiger partial charge on any atom is 0.326 e. The standard InChI is InChI=1S/C21H42O3Si3/c1-7-16(4)25(19-10-11-19)22-26(17(5)8-2,20-12-13-20)24-27(23-25,18(6)9-3)21-14-15-21/h16-21H,7-15H2,1-6H3. The van der Waals surface area contributed by atoms with Crippen molar-refractivity contribution in [2.45, 2.75) is 133 Å². The lowest BCUT2D eigenvalue weighted by molar-refractivity contribution is 0.180. The number of rotatable bonds is 9. The van der Waals surface area contributed by atoms with Crippen LogP contribution in [0.15, 0.2) is 0 Å². The molecule has 0 aromatic carbocycles. The summed E-state index contributed by atoms with van der Waals surface area (Å²) in [4.78, 5) is 0. The second-order valence-corrected chi connectivity index (χ2v) is 22.4. The Labute approximate surface area is 170 Å². The van der Waals surface area contributed by atoms with Crippen molar-refractivity contribution in [3.8, 4) is 0 Å². The maximum absolute atomic E-state index is 7.51. The fraction of sp³-hybridized carbons (Fsp3) is 1.00. The molecule has 0 aromatic heterocycles. The summed E-state index contributed by atoms with van der Waals surface area (Å²) in [5.41, 5.74) is 4.08. The minimum absolute atomic E-state index is 0.610. The zero-order valence-electron chi connectivity index (χ0n) is 18.6. The van der Waals surface area contributed by atoms with Gasteiger partial charge in [-0.15, -0.1) is 0 Å². The Hall–Kier alpha value is 0.531. The molecule has 4 aliphatic rings. The van der Waals surface area contributed by atoms with E-state index in [2.05, 4.69) is 41.5 Å². The second kappa shape index (κ2) is 7.34. The van der Waals surface area contributed by atoms with Crippen LogP contribution in [0.25, 0.3) is 0 Å². The summed E-state index contributed by atoms with van der Waals surface area (Å²) in [6.45, 7) is 14.5. The maximum atomic E-state index is 7.51. The van der Waals surface area contributed by atoms with Gasteiger partial charge in [-0.05, 0) is 55.1 Å². The summed E-state index contributed by atoms with van der Waals surface area (Å²) >= 11 is 0. The van der Waals surface area contributed by atoms with E-state index in [0.717, 1.165) is 16.6 Å². The fourth-order valence-electron chi connectivity index (χ4n) is 5.43. The van der Waals surface area contributed by atoms with Crippen molar-refractivity contribution in [2.75, 3.05) is 0 Å². The van der Waals surface area contributed by atoms with Crippen LogP contribution in [-0.4, -0.2) is 25.7 Å². The first-order valence-corrected chi connectivity index (χ1v) is 17.9. The van der Waals surface area contributed by atoms with E-state index in [0.29, 0.717) is 16.6 Å². The van der Waals surface area contributed by atoms with Crippen LogP contribution in [0.4, 0.5) is 0 Å². The Morgan fingerprint density at radius 1 is 0.556 bits per heavy atom. The molecule has 1 saturated heterocycles. The molecule has 3 atom stereocenters. The predicted molar refractivity (Wildman–Crippen MR) is 119 cm³/mol. The Balaban J connectivity index is 1.83. The summed E-state index contributed by atoms with van der Waals surface area (Å²) in [6, 6.07) is 0. The van der Waals surface area contributed by atoms with Crippen molar-refractivity contribution < 1.29 is 12.3 Å². The van der Waals surface area contributed by atoms with Gasteiger partial charge in [-0.25, -0.2) is 0 Å². The molecule has 3 unspecified atom stereocenters. The quantitative estimate of drug-likeness (QED) is 0.363. The molecule has 27 heavy (non-hydrogen) atoms. The molecule has 0 aromatic rings. The molecule has 1 heterocycles. The minimum atomic E-state index is -2.23. The van der Waals surface area contributed by atoms with Crippen LogP contribution in [0.5, 0.6) is 0 Å². The molecule has 0 radical (unpaired) electrons. The lowest BCUT2D eigenvalue weighted by Gasteiger charge is -2.59. The molecule has 0 N–H and O–H groups in total. The Kier molecular flexibility index (Phi) is 5.65. The van der Waals surface area contributed by atoms with E-state index in [1.807, 2.05) is 0 Å². The predicted octanol–water partition coefficient (Wildman–Crippen LogP) is 7.27. The molecule has 0 spiro atoms. The van der Waals surface area contributed by atoms with E-state index >= 15 is 0 Å². The van der Waals surface area contributed by atoms with Gasteiger partial charge in [-0.2, -0.15) is 0 Å². The van der Waals surface area contributed by atoms with E-state index < -0.39 is 25.7 Å². The highest BCUT2D eigenvalue weighted by molar-refractivity contribution is 6.97. The van der Waals surface area contributed by atoms with Crippen LogP contribution in [0.2, 0.25) is 33.2 Å². The van der Waals surface area contributed by atoms with Gasteiger partial charge in [0.05, 0.1) is 0 Å². The molecule has 0 bridgehead atoms. The van der Waals surface area contributed by atoms with E-state index in [9.17, 15) is 0 Å². The highest BCUT2D eigenvalue weighted by atomic mass is 28.5. The van der Waals surface area contributed by atoms with Gasteiger partial charge in [0.2, 0.25) is 0 Å². The second-order valence-electron chi connectivity index (χ2n) is 10.2. The third kappa shape index (κ3) is 3.30. The molecule has 156 valence electrons. The molecule has 6 heteroatoms. The molecule has 4 rings (SSSR count).